The molecule has 0 fully saturated rings. The second-order valence-corrected chi connectivity index (χ2v) is 7.56. The summed E-state index contributed by atoms with van der Waals surface area (Å²) >= 11 is 5.88. The number of aromatic nitrogens is 2. The number of ether oxygens (including phenoxy) is 2. The van der Waals surface area contributed by atoms with E-state index in [1.165, 1.54) is 38.6 Å². The molecule has 0 unspecified atom stereocenters. The van der Waals surface area contributed by atoms with Gasteiger partial charge in [-0.05, 0) is 29.8 Å². The molecule has 3 rings (SSSR count). The molecule has 0 spiro atoms. The van der Waals surface area contributed by atoms with Crippen molar-refractivity contribution in [1.82, 2.24) is 9.19 Å². The molecule has 0 aliphatic carbocycles. The molecule has 1 heterocycles. The van der Waals surface area contributed by atoms with Crippen LogP contribution in [0.25, 0.3) is 11.1 Å². The highest BCUT2D eigenvalue weighted by molar-refractivity contribution is 7.89. The Kier molecular flexibility index (Phi) is 4.80. The fourth-order valence-electron chi connectivity index (χ4n) is 2.43. The van der Waals surface area contributed by atoms with Gasteiger partial charge in [0.2, 0.25) is 0 Å². The molecule has 136 valence electrons. The normalized spacial score (nSPS) is 11.3. The molecule has 0 saturated heterocycles. The number of nitrogen functional groups attached to an aromatic ring is 1. The van der Waals surface area contributed by atoms with Crippen molar-refractivity contribution in [1.29, 1.82) is 0 Å². The maximum Gasteiger partial charge on any atom is 0.283 e. The second-order valence-electron chi connectivity index (χ2n) is 5.33. The summed E-state index contributed by atoms with van der Waals surface area (Å²) in [6, 6.07) is 11.2. The predicted molar refractivity (Wildman–Crippen MR) is 99.2 cm³/mol. The molecule has 2 N–H and O–H groups in total. The number of nitrogens with zero attached hydrogens (tertiary/aromatic N) is 2. The number of benzene rings is 2. The van der Waals surface area contributed by atoms with Crippen LogP contribution in [0.1, 0.15) is 0 Å². The molecule has 0 radical (unpaired) electrons. The Bertz CT molecular complexity index is 1050. The van der Waals surface area contributed by atoms with Crippen molar-refractivity contribution >= 4 is 27.4 Å². The molecule has 0 amide bonds. The zero-order chi connectivity index (χ0) is 18.9. The van der Waals surface area contributed by atoms with Crippen LogP contribution in [-0.4, -0.2) is 31.8 Å². The van der Waals surface area contributed by atoms with Gasteiger partial charge in [-0.1, -0.05) is 23.7 Å². The quantitative estimate of drug-likeness (QED) is 0.715. The van der Waals surface area contributed by atoms with E-state index in [1.54, 1.807) is 24.3 Å². The average Bonchev–Trinajstić information content (AvgIpc) is 3.04. The number of rotatable bonds is 5. The Morgan fingerprint density at radius 3 is 2.31 bits per heavy atom. The van der Waals surface area contributed by atoms with Gasteiger partial charge >= 0.3 is 0 Å². The molecule has 0 aliphatic rings. The molecular weight excluding hydrogens is 378 g/mol. The zero-order valence-electron chi connectivity index (χ0n) is 14.0. The van der Waals surface area contributed by atoms with E-state index in [0.717, 1.165) is 4.09 Å². The van der Waals surface area contributed by atoms with Gasteiger partial charge in [0, 0.05) is 16.7 Å². The summed E-state index contributed by atoms with van der Waals surface area (Å²) in [6.07, 6.45) is 1.37. The highest BCUT2D eigenvalue weighted by Crippen LogP contribution is 2.32. The van der Waals surface area contributed by atoms with Gasteiger partial charge in [-0.2, -0.15) is 12.5 Å². The largest absolute Gasteiger partial charge is 0.493 e. The summed E-state index contributed by atoms with van der Waals surface area (Å²) in [7, 11) is -1.05. The molecule has 9 heteroatoms. The van der Waals surface area contributed by atoms with Crippen LogP contribution in [0.5, 0.6) is 11.5 Å². The van der Waals surface area contributed by atoms with Crippen LogP contribution in [0.2, 0.25) is 5.02 Å². The van der Waals surface area contributed by atoms with E-state index in [2.05, 4.69) is 5.10 Å². The van der Waals surface area contributed by atoms with Crippen LogP contribution in [0.3, 0.4) is 0 Å². The number of nitrogens with two attached hydrogens (primary N) is 1. The predicted octanol–water partition coefficient (Wildman–Crippen LogP) is 3.04. The lowest BCUT2D eigenvalue weighted by Crippen LogP contribution is -2.14. The van der Waals surface area contributed by atoms with E-state index in [9.17, 15) is 8.42 Å². The maximum atomic E-state index is 12.9. The molecule has 2 aromatic carbocycles. The third-order valence-corrected chi connectivity index (χ3v) is 5.56. The van der Waals surface area contributed by atoms with Crippen LogP contribution in [-0.2, 0) is 10.0 Å². The third-order valence-electron chi connectivity index (χ3n) is 3.78. The van der Waals surface area contributed by atoms with Gasteiger partial charge in [0.1, 0.15) is 0 Å². The summed E-state index contributed by atoms with van der Waals surface area (Å²) in [6.45, 7) is 0. The Balaban J connectivity index is 2.06. The van der Waals surface area contributed by atoms with E-state index in [1.807, 2.05) is 0 Å². The maximum absolute atomic E-state index is 12.9. The SMILES string of the molecule is COc1ccc(S(=O)(=O)n2cc(-c3ccc(Cl)cc3)c(N)n2)cc1OC. The Morgan fingerprint density at radius 2 is 1.69 bits per heavy atom. The average molecular weight is 394 g/mol. The van der Waals surface area contributed by atoms with Crippen molar-refractivity contribution in [3.05, 3.63) is 53.7 Å². The fourth-order valence-corrected chi connectivity index (χ4v) is 3.70. The van der Waals surface area contributed by atoms with Crippen molar-refractivity contribution in [2.24, 2.45) is 0 Å². The lowest BCUT2D eigenvalue weighted by molar-refractivity contribution is 0.354. The minimum Gasteiger partial charge on any atom is -0.493 e. The van der Waals surface area contributed by atoms with E-state index in [4.69, 9.17) is 26.8 Å². The summed E-state index contributed by atoms with van der Waals surface area (Å²) in [5.41, 5.74) is 7.11. The summed E-state index contributed by atoms with van der Waals surface area (Å²) < 4.78 is 36.9. The molecule has 1 aromatic heterocycles. The smallest absolute Gasteiger partial charge is 0.283 e. The second kappa shape index (κ2) is 6.89. The first-order chi connectivity index (χ1) is 12.4. The van der Waals surface area contributed by atoms with Crippen molar-refractivity contribution in [3.63, 3.8) is 0 Å². The first-order valence-electron chi connectivity index (χ1n) is 7.45. The van der Waals surface area contributed by atoms with Crippen LogP contribution < -0.4 is 15.2 Å². The van der Waals surface area contributed by atoms with E-state index in [0.29, 0.717) is 27.6 Å². The standard InChI is InChI=1S/C17H16ClN3O4S/c1-24-15-8-7-13(9-16(15)25-2)26(22,23)21-10-14(17(19)20-21)11-3-5-12(18)6-4-11/h3-10H,1-2H3,(H2,19,20). The number of anilines is 1. The van der Waals surface area contributed by atoms with Gasteiger partial charge in [0.15, 0.2) is 17.3 Å². The van der Waals surface area contributed by atoms with Crippen molar-refractivity contribution in [2.45, 2.75) is 4.90 Å². The van der Waals surface area contributed by atoms with E-state index >= 15 is 0 Å². The van der Waals surface area contributed by atoms with Crippen molar-refractivity contribution < 1.29 is 17.9 Å². The molecule has 3 aromatic rings. The first-order valence-corrected chi connectivity index (χ1v) is 9.27. The van der Waals surface area contributed by atoms with Crippen LogP contribution in [0.15, 0.2) is 53.6 Å². The third kappa shape index (κ3) is 3.21. The highest BCUT2D eigenvalue weighted by atomic mass is 35.5. The minimum absolute atomic E-state index is 0.000283. The van der Waals surface area contributed by atoms with Gasteiger partial charge in [-0.3, -0.25) is 0 Å². The molecule has 7 nitrogen and oxygen atoms in total. The Morgan fingerprint density at radius 1 is 1.04 bits per heavy atom. The van der Waals surface area contributed by atoms with Crippen LogP contribution in [0, 0.1) is 0 Å². The van der Waals surface area contributed by atoms with Crippen molar-refractivity contribution in [3.8, 4) is 22.6 Å². The summed E-state index contributed by atoms with van der Waals surface area (Å²) in [5.74, 6) is 0.816. The molecule has 0 saturated carbocycles. The number of hydrogen-bond acceptors (Lipinski definition) is 6. The van der Waals surface area contributed by atoms with E-state index in [-0.39, 0.29) is 10.7 Å². The molecular formula is C17H16ClN3O4S. The van der Waals surface area contributed by atoms with Gasteiger partial charge in [0.25, 0.3) is 10.0 Å². The van der Waals surface area contributed by atoms with Crippen LogP contribution >= 0.6 is 11.6 Å². The van der Waals surface area contributed by atoms with Gasteiger partial charge in [-0.15, -0.1) is 5.10 Å². The van der Waals surface area contributed by atoms with E-state index < -0.39 is 10.0 Å². The van der Waals surface area contributed by atoms with Gasteiger partial charge in [-0.25, -0.2) is 0 Å². The number of methoxy groups -OCH3 is 2. The fraction of sp³-hybridized carbons (Fsp3) is 0.118. The Hall–Kier alpha value is -2.71. The number of halogens is 1. The number of hydrogen-bond donors (Lipinski definition) is 1. The lowest BCUT2D eigenvalue weighted by atomic mass is 10.1. The van der Waals surface area contributed by atoms with Gasteiger partial charge < -0.3 is 15.2 Å². The lowest BCUT2D eigenvalue weighted by Gasteiger charge is -2.10. The highest BCUT2D eigenvalue weighted by Gasteiger charge is 2.22. The summed E-state index contributed by atoms with van der Waals surface area (Å²) in [5, 5.41) is 4.52. The Labute approximate surface area is 156 Å². The summed E-state index contributed by atoms with van der Waals surface area (Å²) in [4.78, 5) is 0.000283. The zero-order valence-corrected chi connectivity index (χ0v) is 15.6. The minimum atomic E-state index is -3.95. The topological polar surface area (TPSA) is 96.4 Å². The first kappa shape index (κ1) is 18.1. The molecule has 0 atom stereocenters. The monoisotopic (exact) mass is 393 g/mol. The van der Waals surface area contributed by atoms with Gasteiger partial charge in [0.05, 0.1) is 25.3 Å². The van der Waals surface area contributed by atoms with Crippen molar-refractivity contribution in [2.75, 3.05) is 20.0 Å². The molecule has 0 bridgehead atoms. The molecule has 0 aliphatic heterocycles. The molecule has 26 heavy (non-hydrogen) atoms. The van der Waals surface area contributed by atoms with Crippen LogP contribution in [0.4, 0.5) is 5.82 Å².